The second kappa shape index (κ2) is 5.99. The third kappa shape index (κ3) is 2.67. The summed E-state index contributed by atoms with van der Waals surface area (Å²) in [6.07, 6.45) is 5.26. The van der Waals surface area contributed by atoms with E-state index in [1.54, 1.807) is 0 Å². The zero-order valence-corrected chi connectivity index (χ0v) is 14.9. The highest BCUT2D eigenvalue weighted by atomic mass is 15.2. The maximum absolute atomic E-state index is 4.94. The van der Waals surface area contributed by atoms with E-state index in [0.717, 1.165) is 31.1 Å². The van der Waals surface area contributed by atoms with E-state index in [1.165, 1.54) is 53.8 Å². The van der Waals surface area contributed by atoms with E-state index in [0.29, 0.717) is 0 Å². The summed E-state index contributed by atoms with van der Waals surface area (Å²) in [5.74, 6) is 1.26. The predicted octanol–water partition coefficient (Wildman–Crippen LogP) is 4.42. The van der Waals surface area contributed by atoms with Crippen LogP contribution in [0.15, 0.2) is 42.5 Å². The van der Waals surface area contributed by atoms with Crippen molar-refractivity contribution in [1.82, 2.24) is 14.5 Å². The molecule has 0 spiro atoms. The Morgan fingerprint density at radius 2 is 1.72 bits per heavy atom. The van der Waals surface area contributed by atoms with Crippen LogP contribution in [-0.2, 0) is 13.0 Å². The molecule has 3 aromatic rings. The van der Waals surface area contributed by atoms with Crippen molar-refractivity contribution >= 4 is 11.0 Å². The van der Waals surface area contributed by atoms with Gasteiger partial charge in [-0.3, -0.25) is 4.90 Å². The SMILES string of the molecule is Cc1ccc(-c2ccc3nc4n(c3c2)CCN(C2CCC2)CC4)cc1. The first-order valence-electron chi connectivity index (χ1n) is 9.58. The molecular formula is C22H25N3. The van der Waals surface area contributed by atoms with E-state index in [4.69, 9.17) is 4.98 Å². The van der Waals surface area contributed by atoms with Gasteiger partial charge in [0.1, 0.15) is 5.82 Å². The second-order valence-corrected chi connectivity index (χ2v) is 7.62. The number of aromatic nitrogens is 2. The molecule has 2 aliphatic rings. The number of imidazole rings is 1. The van der Waals surface area contributed by atoms with E-state index >= 15 is 0 Å². The van der Waals surface area contributed by atoms with Crippen LogP contribution in [0, 0.1) is 6.92 Å². The Morgan fingerprint density at radius 1 is 0.920 bits per heavy atom. The highest BCUT2D eigenvalue weighted by molar-refractivity contribution is 5.82. The van der Waals surface area contributed by atoms with Crippen molar-refractivity contribution in [2.24, 2.45) is 0 Å². The molecule has 5 rings (SSSR count). The lowest BCUT2D eigenvalue weighted by Gasteiger charge is -2.36. The summed E-state index contributed by atoms with van der Waals surface area (Å²) in [5.41, 5.74) is 6.31. The fourth-order valence-corrected chi connectivity index (χ4v) is 4.24. The minimum absolute atomic E-state index is 0.832. The topological polar surface area (TPSA) is 21.1 Å². The summed E-state index contributed by atoms with van der Waals surface area (Å²) >= 11 is 0. The van der Waals surface area contributed by atoms with Crippen molar-refractivity contribution < 1.29 is 0 Å². The Balaban J connectivity index is 1.50. The Bertz CT molecular complexity index is 903. The summed E-state index contributed by atoms with van der Waals surface area (Å²) in [6.45, 7) is 5.54. The van der Waals surface area contributed by atoms with Gasteiger partial charge in [-0.15, -0.1) is 0 Å². The molecule has 1 fully saturated rings. The largest absolute Gasteiger partial charge is 0.327 e. The normalized spacial score (nSPS) is 18.8. The number of hydrogen-bond acceptors (Lipinski definition) is 2. The first-order valence-corrected chi connectivity index (χ1v) is 9.58. The Labute approximate surface area is 149 Å². The Kier molecular flexibility index (Phi) is 3.63. The van der Waals surface area contributed by atoms with Gasteiger partial charge in [-0.2, -0.15) is 0 Å². The maximum atomic E-state index is 4.94. The quantitative estimate of drug-likeness (QED) is 0.693. The number of hydrogen-bond donors (Lipinski definition) is 0. The second-order valence-electron chi connectivity index (χ2n) is 7.62. The molecule has 0 atom stereocenters. The smallest absolute Gasteiger partial charge is 0.111 e. The number of nitrogens with zero attached hydrogens (tertiary/aromatic N) is 3. The summed E-state index contributed by atoms with van der Waals surface area (Å²) in [6, 6.07) is 16.4. The van der Waals surface area contributed by atoms with Gasteiger partial charge in [0, 0.05) is 32.1 Å². The van der Waals surface area contributed by atoms with Crippen LogP contribution in [0.1, 0.15) is 30.7 Å². The molecule has 25 heavy (non-hydrogen) atoms. The lowest BCUT2D eigenvalue weighted by Crippen LogP contribution is -2.41. The summed E-state index contributed by atoms with van der Waals surface area (Å²) in [7, 11) is 0. The highest BCUT2D eigenvalue weighted by Gasteiger charge is 2.27. The minimum atomic E-state index is 0.832. The number of aryl methyl sites for hydroxylation is 1. The molecule has 1 aromatic heterocycles. The number of rotatable bonds is 2. The van der Waals surface area contributed by atoms with Crippen LogP contribution in [0.25, 0.3) is 22.2 Å². The van der Waals surface area contributed by atoms with Gasteiger partial charge in [0.15, 0.2) is 0 Å². The van der Waals surface area contributed by atoms with Gasteiger partial charge in [0.05, 0.1) is 11.0 Å². The van der Waals surface area contributed by atoms with Crippen molar-refractivity contribution in [1.29, 1.82) is 0 Å². The van der Waals surface area contributed by atoms with Crippen LogP contribution < -0.4 is 0 Å². The summed E-state index contributed by atoms with van der Waals surface area (Å²) in [4.78, 5) is 7.62. The van der Waals surface area contributed by atoms with Gasteiger partial charge in [0.25, 0.3) is 0 Å². The van der Waals surface area contributed by atoms with Crippen molar-refractivity contribution in [2.75, 3.05) is 13.1 Å². The van der Waals surface area contributed by atoms with Crippen LogP contribution in [0.2, 0.25) is 0 Å². The monoisotopic (exact) mass is 331 g/mol. The lowest BCUT2D eigenvalue weighted by atomic mass is 9.91. The van der Waals surface area contributed by atoms with Crippen molar-refractivity contribution in [2.45, 2.75) is 45.2 Å². The van der Waals surface area contributed by atoms with Crippen LogP contribution in [0.3, 0.4) is 0 Å². The molecule has 0 N–H and O–H groups in total. The lowest BCUT2D eigenvalue weighted by molar-refractivity contribution is 0.130. The fourth-order valence-electron chi connectivity index (χ4n) is 4.24. The average molecular weight is 331 g/mol. The molecule has 128 valence electrons. The number of fused-ring (bicyclic) bond motifs is 3. The first kappa shape index (κ1) is 15.2. The third-order valence-electron chi connectivity index (χ3n) is 6.04. The maximum Gasteiger partial charge on any atom is 0.111 e. The molecule has 0 bridgehead atoms. The highest BCUT2D eigenvalue weighted by Crippen LogP contribution is 2.29. The van der Waals surface area contributed by atoms with Gasteiger partial charge in [-0.05, 0) is 43.0 Å². The molecule has 1 saturated carbocycles. The predicted molar refractivity (Wildman–Crippen MR) is 103 cm³/mol. The van der Waals surface area contributed by atoms with Gasteiger partial charge < -0.3 is 4.57 Å². The van der Waals surface area contributed by atoms with Gasteiger partial charge >= 0.3 is 0 Å². The Morgan fingerprint density at radius 3 is 2.48 bits per heavy atom. The van der Waals surface area contributed by atoms with Gasteiger partial charge in [-0.1, -0.05) is 42.3 Å². The molecule has 1 aliphatic heterocycles. The average Bonchev–Trinajstić information content (AvgIpc) is 2.80. The minimum Gasteiger partial charge on any atom is -0.327 e. The van der Waals surface area contributed by atoms with Crippen molar-refractivity contribution in [3.05, 3.63) is 53.9 Å². The molecular weight excluding hydrogens is 306 g/mol. The molecule has 1 aliphatic carbocycles. The Hall–Kier alpha value is -2.13. The zero-order valence-electron chi connectivity index (χ0n) is 14.9. The molecule has 2 aromatic carbocycles. The van der Waals surface area contributed by atoms with Crippen LogP contribution in [-0.4, -0.2) is 33.6 Å². The van der Waals surface area contributed by atoms with Gasteiger partial charge in [0.2, 0.25) is 0 Å². The molecule has 0 amide bonds. The third-order valence-corrected chi connectivity index (χ3v) is 6.04. The molecule has 2 heterocycles. The molecule has 3 nitrogen and oxygen atoms in total. The first-order chi connectivity index (χ1) is 12.3. The van der Waals surface area contributed by atoms with Crippen LogP contribution in [0.5, 0.6) is 0 Å². The standard InChI is InChI=1S/C22H25N3/c1-16-5-7-17(8-6-16)18-9-10-20-21(15-18)25-14-13-24(19-3-2-4-19)12-11-22(25)23-20/h5-10,15,19H,2-4,11-14H2,1H3. The molecule has 0 unspecified atom stereocenters. The van der Waals surface area contributed by atoms with Crippen LogP contribution in [0.4, 0.5) is 0 Å². The van der Waals surface area contributed by atoms with E-state index in [9.17, 15) is 0 Å². The van der Waals surface area contributed by atoms with Gasteiger partial charge in [-0.25, -0.2) is 4.98 Å². The van der Waals surface area contributed by atoms with E-state index in [-0.39, 0.29) is 0 Å². The van der Waals surface area contributed by atoms with Crippen molar-refractivity contribution in [3.8, 4) is 11.1 Å². The van der Waals surface area contributed by atoms with E-state index in [2.05, 4.69) is 58.9 Å². The summed E-state index contributed by atoms with van der Waals surface area (Å²) < 4.78 is 2.46. The fraction of sp³-hybridized carbons (Fsp3) is 0.409. The van der Waals surface area contributed by atoms with Crippen LogP contribution >= 0.6 is 0 Å². The zero-order chi connectivity index (χ0) is 16.8. The molecule has 0 radical (unpaired) electrons. The summed E-state index contributed by atoms with van der Waals surface area (Å²) in [5, 5.41) is 0. The van der Waals surface area contributed by atoms with E-state index < -0.39 is 0 Å². The number of benzene rings is 2. The molecule has 3 heteroatoms. The molecule has 0 saturated heterocycles. The van der Waals surface area contributed by atoms with E-state index in [1.807, 2.05) is 0 Å². The van der Waals surface area contributed by atoms with Crippen molar-refractivity contribution in [3.63, 3.8) is 0 Å².